The number of aliphatic hydroxyl groups is 1. The van der Waals surface area contributed by atoms with Crippen LogP contribution in [0.25, 0.3) is 0 Å². The predicted molar refractivity (Wildman–Crippen MR) is 105 cm³/mol. The molecule has 1 aliphatic rings. The average molecular weight is 355 g/mol. The Hall–Kier alpha value is -1.68. The molecule has 0 aliphatic carbocycles. The Morgan fingerprint density at radius 1 is 1.04 bits per heavy atom. The summed E-state index contributed by atoms with van der Waals surface area (Å²) in [6.07, 6.45) is 3.28. The first-order valence-corrected chi connectivity index (χ1v) is 9.89. The van der Waals surface area contributed by atoms with Gasteiger partial charge in [-0.3, -0.25) is 0 Å². The lowest BCUT2D eigenvalue weighted by Crippen LogP contribution is -3.17. The third-order valence-corrected chi connectivity index (χ3v) is 5.52. The Labute approximate surface area is 157 Å². The second-order valence-corrected chi connectivity index (χ2v) is 7.70. The van der Waals surface area contributed by atoms with Crippen LogP contribution in [0.15, 0.2) is 54.6 Å². The van der Waals surface area contributed by atoms with Crippen molar-refractivity contribution in [3.8, 4) is 0 Å². The third kappa shape index (κ3) is 5.16. The van der Waals surface area contributed by atoms with E-state index in [0.29, 0.717) is 12.6 Å². The van der Waals surface area contributed by atoms with Gasteiger partial charge in [0.1, 0.15) is 18.8 Å². The van der Waals surface area contributed by atoms with E-state index in [9.17, 15) is 5.11 Å². The molecule has 1 heterocycles. The van der Waals surface area contributed by atoms with Crippen molar-refractivity contribution in [2.24, 2.45) is 0 Å². The van der Waals surface area contributed by atoms with Gasteiger partial charge in [0.05, 0.1) is 19.2 Å². The summed E-state index contributed by atoms with van der Waals surface area (Å²) >= 11 is 0. The molecule has 2 N–H and O–H groups in total. The van der Waals surface area contributed by atoms with Crippen LogP contribution in [0.5, 0.6) is 0 Å². The topological polar surface area (TPSA) is 33.9 Å². The number of aliphatic hydroxyl groups excluding tert-OH is 1. The average Bonchev–Trinajstić information content (AvgIpc) is 2.66. The minimum absolute atomic E-state index is 0.139. The second kappa shape index (κ2) is 9.31. The highest BCUT2D eigenvalue weighted by atomic mass is 16.5. The quantitative estimate of drug-likeness (QED) is 0.802. The van der Waals surface area contributed by atoms with Crippen molar-refractivity contribution in [3.63, 3.8) is 0 Å². The van der Waals surface area contributed by atoms with Gasteiger partial charge in [0.25, 0.3) is 0 Å². The molecule has 0 spiro atoms. The predicted octanol–water partition coefficient (Wildman–Crippen LogP) is 2.92. The molecule has 2 aromatic rings. The SMILES string of the molecule is Cc1ccc([C@H](OC[C@@H](O)C[NH+]2CCCC[C@@H]2C)c2ccccc2)cc1. The molecule has 1 unspecified atom stereocenters. The molecular weight excluding hydrogens is 322 g/mol. The standard InChI is InChI=1S/C23H31NO2/c1-18-11-13-21(14-12-18)23(20-9-4-3-5-10-20)26-17-22(25)16-24-15-7-6-8-19(24)2/h3-5,9-14,19,22-23,25H,6-8,15-17H2,1-2H3/p+1/t19-,22-,23+/m0/s1. The number of hydrogen-bond donors (Lipinski definition) is 2. The largest absolute Gasteiger partial charge is 0.385 e. The Bertz CT molecular complexity index is 656. The summed E-state index contributed by atoms with van der Waals surface area (Å²) in [6, 6.07) is 19.4. The molecule has 26 heavy (non-hydrogen) atoms. The number of nitrogens with one attached hydrogen (secondary N) is 1. The molecule has 3 rings (SSSR count). The van der Waals surface area contributed by atoms with Gasteiger partial charge in [-0.05, 0) is 44.2 Å². The highest BCUT2D eigenvalue weighted by molar-refractivity contribution is 5.31. The number of hydrogen-bond acceptors (Lipinski definition) is 2. The molecule has 3 nitrogen and oxygen atoms in total. The van der Waals surface area contributed by atoms with Gasteiger partial charge in [0.15, 0.2) is 0 Å². The van der Waals surface area contributed by atoms with Gasteiger partial charge in [-0.25, -0.2) is 0 Å². The molecule has 1 fully saturated rings. The molecule has 0 bridgehead atoms. The molecule has 3 heteroatoms. The van der Waals surface area contributed by atoms with Gasteiger partial charge in [-0.15, -0.1) is 0 Å². The van der Waals surface area contributed by atoms with Crippen molar-refractivity contribution in [1.29, 1.82) is 0 Å². The van der Waals surface area contributed by atoms with E-state index in [4.69, 9.17) is 4.74 Å². The van der Waals surface area contributed by atoms with Crippen molar-refractivity contribution < 1.29 is 14.7 Å². The highest BCUT2D eigenvalue weighted by Gasteiger charge is 2.25. The molecule has 140 valence electrons. The smallest absolute Gasteiger partial charge is 0.126 e. The van der Waals surface area contributed by atoms with Crippen LogP contribution in [0.1, 0.15) is 49.0 Å². The zero-order valence-corrected chi connectivity index (χ0v) is 16.0. The van der Waals surface area contributed by atoms with Crippen LogP contribution in [0.4, 0.5) is 0 Å². The Morgan fingerprint density at radius 3 is 2.42 bits per heavy atom. The minimum atomic E-state index is -0.429. The number of quaternary nitrogens is 1. The fraction of sp³-hybridized carbons (Fsp3) is 0.478. The summed E-state index contributed by atoms with van der Waals surface area (Å²) in [6.45, 7) is 6.69. The maximum absolute atomic E-state index is 10.6. The number of likely N-dealkylation sites (tertiary alicyclic amines) is 1. The normalized spacial score (nSPS) is 22.7. The molecule has 1 aliphatic heterocycles. The first-order valence-electron chi connectivity index (χ1n) is 9.89. The van der Waals surface area contributed by atoms with Crippen molar-refractivity contribution in [3.05, 3.63) is 71.3 Å². The van der Waals surface area contributed by atoms with Gasteiger partial charge in [-0.2, -0.15) is 0 Å². The van der Waals surface area contributed by atoms with E-state index in [1.807, 2.05) is 18.2 Å². The van der Waals surface area contributed by atoms with Crippen LogP contribution >= 0.6 is 0 Å². The minimum Gasteiger partial charge on any atom is -0.385 e. The van der Waals surface area contributed by atoms with E-state index >= 15 is 0 Å². The molecular formula is C23H32NO2+. The molecule has 0 saturated carbocycles. The van der Waals surface area contributed by atoms with Gasteiger partial charge in [0.2, 0.25) is 0 Å². The molecule has 4 atom stereocenters. The van der Waals surface area contributed by atoms with Crippen molar-refractivity contribution in [2.75, 3.05) is 19.7 Å². The summed E-state index contributed by atoms with van der Waals surface area (Å²) in [4.78, 5) is 1.51. The van der Waals surface area contributed by atoms with Crippen molar-refractivity contribution >= 4 is 0 Å². The van der Waals surface area contributed by atoms with E-state index in [2.05, 4.69) is 50.2 Å². The van der Waals surface area contributed by atoms with E-state index in [0.717, 1.165) is 24.2 Å². The monoisotopic (exact) mass is 354 g/mol. The fourth-order valence-electron chi connectivity index (χ4n) is 3.88. The van der Waals surface area contributed by atoms with Crippen molar-refractivity contribution in [1.82, 2.24) is 0 Å². The van der Waals surface area contributed by atoms with Gasteiger partial charge >= 0.3 is 0 Å². The maximum Gasteiger partial charge on any atom is 0.126 e. The lowest BCUT2D eigenvalue weighted by molar-refractivity contribution is -0.931. The molecule has 0 aromatic heterocycles. The second-order valence-electron chi connectivity index (χ2n) is 7.70. The van der Waals surface area contributed by atoms with Crippen LogP contribution in [0.2, 0.25) is 0 Å². The third-order valence-electron chi connectivity index (χ3n) is 5.52. The van der Waals surface area contributed by atoms with Gasteiger partial charge in [0, 0.05) is 0 Å². The van der Waals surface area contributed by atoms with Crippen molar-refractivity contribution in [2.45, 2.75) is 51.4 Å². The number of benzene rings is 2. The first kappa shape index (κ1) is 19.1. The fourth-order valence-corrected chi connectivity index (χ4v) is 3.88. The van der Waals surface area contributed by atoms with E-state index in [1.165, 1.54) is 29.7 Å². The highest BCUT2D eigenvalue weighted by Crippen LogP contribution is 2.26. The zero-order chi connectivity index (χ0) is 18.4. The molecule has 1 saturated heterocycles. The zero-order valence-electron chi connectivity index (χ0n) is 16.0. The lowest BCUT2D eigenvalue weighted by atomic mass is 10.0. The van der Waals surface area contributed by atoms with Crippen LogP contribution in [0.3, 0.4) is 0 Å². The number of ether oxygens (including phenoxy) is 1. The van der Waals surface area contributed by atoms with Crippen LogP contribution in [-0.2, 0) is 4.74 Å². The Balaban J connectivity index is 1.65. The van der Waals surface area contributed by atoms with E-state index in [-0.39, 0.29) is 6.10 Å². The number of rotatable bonds is 7. The number of piperidine rings is 1. The molecule has 0 amide bonds. The van der Waals surface area contributed by atoms with Crippen LogP contribution in [0, 0.1) is 6.92 Å². The number of aryl methyl sites for hydroxylation is 1. The first-order chi connectivity index (χ1) is 12.6. The molecule has 0 radical (unpaired) electrons. The van der Waals surface area contributed by atoms with Gasteiger partial charge in [-0.1, -0.05) is 60.2 Å². The Kier molecular flexibility index (Phi) is 6.84. The molecule has 2 aromatic carbocycles. The lowest BCUT2D eigenvalue weighted by Gasteiger charge is -2.32. The summed E-state index contributed by atoms with van der Waals surface area (Å²) in [5, 5.41) is 10.6. The maximum atomic E-state index is 10.6. The van der Waals surface area contributed by atoms with E-state index < -0.39 is 6.10 Å². The van der Waals surface area contributed by atoms with E-state index in [1.54, 1.807) is 0 Å². The Morgan fingerprint density at radius 2 is 1.73 bits per heavy atom. The summed E-state index contributed by atoms with van der Waals surface area (Å²) < 4.78 is 6.23. The summed E-state index contributed by atoms with van der Waals surface area (Å²) in [5.74, 6) is 0. The van der Waals surface area contributed by atoms with Crippen LogP contribution < -0.4 is 4.90 Å². The summed E-state index contributed by atoms with van der Waals surface area (Å²) in [7, 11) is 0. The summed E-state index contributed by atoms with van der Waals surface area (Å²) in [5.41, 5.74) is 3.50. The van der Waals surface area contributed by atoms with Gasteiger partial charge < -0.3 is 14.7 Å². The van der Waals surface area contributed by atoms with Crippen LogP contribution in [-0.4, -0.2) is 36.9 Å².